The van der Waals surface area contributed by atoms with Gasteiger partial charge in [-0.1, -0.05) is 22.4 Å². The van der Waals surface area contributed by atoms with Crippen LogP contribution in [0.5, 0.6) is 0 Å². The Hall–Kier alpha value is -0.870. The van der Waals surface area contributed by atoms with Crippen molar-refractivity contribution < 1.29 is 4.79 Å². The van der Waals surface area contributed by atoms with Gasteiger partial charge in [-0.25, -0.2) is 0 Å². The number of aryl methyl sites for hydroxylation is 1. The molecule has 1 aromatic carbocycles. The van der Waals surface area contributed by atoms with Crippen LogP contribution in [0.3, 0.4) is 0 Å². The third-order valence-electron chi connectivity index (χ3n) is 3.31. The van der Waals surface area contributed by atoms with Crippen molar-refractivity contribution in [3.05, 3.63) is 28.2 Å². The van der Waals surface area contributed by atoms with Crippen LogP contribution < -0.4 is 10.6 Å². The number of nitrogens with one attached hydrogen (secondary N) is 2. The van der Waals surface area contributed by atoms with Gasteiger partial charge >= 0.3 is 0 Å². The molecule has 1 amide bonds. The second kappa shape index (κ2) is 6.34. The molecule has 1 aliphatic rings. The van der Waals surface area contributed by atoms with Gasteiger partial charge < -0.3 is 10.6 Å². The molecule has 0 spiro atoms. The third-order valence-corrected chi connectivity index (χ3v) is 3.80. The Labute approximate surface area is 116 Å². The van der Waals surface area contributed by atoms with Crippen molar-refractivity contribution in [1.82, 2.24) is 5.32 Å². The van der Waals surface area contributed by atoms with Gasteiger partial charge in [0.05, 0.1) is 0 Å². The molecule has 2 rings (SSSR count). The summed E-state index contributed by atoms with van der Waals surface area (Å²) in [7, 11) is 0. The van der Waals surface area contributed by atoms with E-state index in [9.17, 15) is 4.79 Å². The number of hydrogen-bond acceptors (Lipinski definition) is 2. The molecule has 1 fully saturated rings. The maximum absolute atomic E-state index is 12.0. The van der Waals surface area contributed by atoms with Gasteiger partial charge in [0.2, 0.25) is 5.91 Å². The zero-order valence-corrected chi connectivity index (χ0v) is 12.2. The minimum absolute atomic E-state index is 0.0971. The van der Waals surface area contributed by atoms with E-state index >= 15 is 0 Å². The van der Waals surface area contributed by atoms with E-state index in [1.165, 1.54) is 12.8 Å². The van der Waals surface area contributed by atoms with Crippen LogP contribution >= 0.6 is 15.9 Å². The van der Waals surface area contributed by atoms with Crippen LogP contribution in [0, 0.1) is 6.92 Å². The van der Waals surface area contributed by atoms with Crippen molar-refractivity contribution >= 4 is 27.5 Å². The first-order valence-corrected chi connectivity index (χ1v) is 7.24. The lowest BCUT2D eigenvalue weighted by molar-refractivity contribution is -0.116. The summed E-state index contributed by atoms with van der Waals surface area (Å²) < 4.78 is 1.03. The van der Waals surface area contributed by atoms with Gasteiger partial charge in [-0.3, -0.25) is 4.79 Å². The number of piperidine rings is 1. The summed E-state index contributed by atoms with van der Waals surface area (Å²) in [5, 5.41) is 6.38. The fourth-order valence-corrected chi connectivity index (χ4v) is 2.77. The van der Waals surface area contributed by atoms with Crippen molar-refractivity contribution in [2.45, 2.75) is 38.6 Å². The van der Waals surface area contributed by atoms with Gasteiger partial charge in [0.15, 0.2) is 0 Å². The Balaban J connectivity index is 1.90. The number of benzene rings is 1. The predicted molar refractivity (Wildman–Crippen MR) is 77.8 cm³/mol. The van der Waals surface area contributed by atoms with Crippen LogP contribution in [0.15, 0.2) is 22.7 Å². The Morgan fingerprint density at radius 1 is 1.50 bits per heavy atom. The molecule has 4 heteroatoms. The predicted octanol–water partition coefficient (Wildman–Crippen LogP) is 3.23. The van der Waals surface area contributed by atoms with Crippen LogP contribution in [0.4, 0.5) is 5.69 Å². The quantitative estimate of drug-likeness (QED) is 0.900. The standard InChI is InChI=1S/C14H19BrN2O/c1-10-8-11(15)5-6-13(10)17-14(18)9-12-4-2-3-7-16-12/h5-6,8,12,16H,2-4,7,9H2,1H3,(H,17,18). The first-order chi connectivity index (χ1) is 8.65. The molecule has 98 valence electrons. The largest absolute Gasteiger partial charge is 0.326 e. The van der Waals surface area contributed by atoms with Gasteiger partial charge in [0.1, 0.15) is 0 Å². The highest BCUT2D eigenvalue weighted by molar-refractivity contribution is 9.10. The first kappa shape index (κ1) is 13.6. The van der Waals surface area contributed by atoms with Crippen molar-refractivity contribution in [3.8, 4) is 0 Å². The number of carbonyl (C=O) groups excluding carboxylic acids is 1. The first-order valence-electron chi connectivity index (χ1n) is 6.44. The lowest BCUT2D eigenvalue weighted by Crippen LogP contribution is -2.37. The van der Waals surface area contributed by atoms with E-state index in [4.69, 9.17) is 0 Å². The van der Waals surface area contributed by atoms with Crippen LogP contribution in [0.2, 0.25) is 0 Å². The van der Waals surface area contributed by atoms with Crippen LogP contribution in [-0.2, 0) is 4.79 Å². The fraction of sp³-hybridized carbons (Fsp3) is 0.500. The molecular weight excluding hydrogens is 292 g/mol. The van der Waals surface area contributed by atoms with Crippen molar-refractivity contribution in [2.24, 2.45) is 0 Å². The molecule has 0 aliphatic carbocycles. The third kappa shape index (κ3) is 3.82. The van der Waals surface area contributed by atoms with Crippen LogP contribution in [0.25, 0.3) is 0 Å². The van der Waals surface area contributed by atoms with Crippen molar-refractivity contribution in [1.29, 1.82) is 0 Å². The average Bonchev–Trinajstić information content (AvgIpc) is 2.34. The molecule has 3 nitrogen and oxygen atoms in total. The maximum atomic E-state index is 12.0. The molecule has 0 aromatic heterocycles. The second-order valence-electron chi connectivity index (χ2n) is 4.86. The van der Waals surface area contributed by atoms with Crippen LogP contribution in [0.1, 0.15) is 31.2 Å². The fourth-order valence-electron chi connectivity index (χ4n) is 2.29. The van der Waals surface area contributed by atoms with E-state index in [-0.39, 0.29) is 5.91 Å². The van der Waals surface area contributed by atoms with Crippen molar-refractivity contribution in [3.63, 3.8) is 0 Å². The summed E-state index contributed by atoms with van der Waals surface area (Å²) in [4.78, 5) is 12.0. The highest BCUT2D eigenvalue weighted by Crippen LogP contribution is 2.20. The van der Waals surface area contributed by atoms with E-state index in [2.05, 4.69) is 26.6 Å². The maximum Gasteiger partial charge on any atom is 0.225 e. The molecule has 1 unspecified atom stereocenters. The summed E-state index contributed by atoms with van der Waals surface area (Å²) in [5.74, 6) is 0.0971. The number of amides is 1. The second-order valence-corrected chi connectivity index (χ2v) is 5.77. The van der Waals surface area contributed by atoms with E-state index in [1.54, 1.807) is 0 Å². The van der Waals surface area contributed by atoms with E-state index in [0.717, 1.165) is 28.7 Å². The smallest absolute Gasteiger partial charge is 0.225 e. The monoisotopic (exact) mass is 310 g/mol. The Morgan fingerprint density at radius 3 is 3.00 bits per heavy atom. The average molecular weight is 311 g/mol. The van der Waals surface area contributed by atoms with E-state index in [0.29, 0.717) is 12.5 Å². The molecule has 1 aromatic rings. The summed E-state index contributed by atoms with van der Waals surface area (Å²) in [6, 6.07) is 6.23. The normalized spacial score (nSPS) is 19.6. The molecule has 1 heterocycles. The van der Waals surface area contributed by atoms with E-state index in [1.807, 2.05) is 25.1 Å². The van der Waals surface area contributed by atoms with Gasteiger partial charge in [-0.2, -0.15) is 0 Å². The lowest BCUT2D eigenvalue weighted by atomic mass is 10.0. The van der Waals surface area contributed by atoms with Crippen molar-refractivity contribution in [2.75, 3.05) is 11.9 Å². The van der Waals surface area contributed by atoms with Crippen LogP contribution in [-0.4, -0.2) is 18.5 Å². The molecule has 1 aliphatic heterocycles. The SMILES string of the molecule is Cc1cc(Br)ccc1NC(=O)CC1CCCCN1. The molecule has 0 bridgehead atoms. The topological polar surface area (TPSA) is 41.1 Å². The van der Waals surface area contributed by atoms with Gasteiger partial charge in [-0.05, 0) is 50.1 Å². The summed E-state index contributed by atoms with van der Waals surface area (Å²) in [6.45, 7) is 3.04. The number of carbonyl (C=O) groups is 1. The minimum atomic E-state index is 0.0971. The number of hydrogen-bond donors (Lipinski definition) is 2. The Morgan fingerprint density at radius 2 is 2.33 bits per heavy atom. The molecular formula is C14H19BrN2O. The molecule has 18 heavy (non-hydrogen) atoms. The highest BCUT2D eigenvalue weighted by atomic mass is 79.9. The minimum Gasteiger partial charge on any atom is -0.326 e. The highest BCUT2D eigenvalue weighted by Gasteiger charge is 2.16. The number of rotatable bonds is 3. The number of halogens is 1. The zero-order valence-electron chi connectivity index (χ0n) is 10.6. The molecule has 1 atom stereocenters. The molecule has 1 saturated heterocycles. The van der Waals surface area contributed by atoms with Gasteiger partial charge in [-0.15, -0.1) is 0 Å². The Kier molecular flexibility index (Phi) is 4.78. The van der Waals surface area contributed by atoms with E-state index < -0.39 is 0 Å². The van der Waals surface area contributed by atoms with Gasteiger partial charge in [0.25, 0.3) is 0 Å². The molecule has 2 N–H and O–H groups in total. The summed E-state index contributed by atoms with van der Waals surface area (Å²) in [5.41, 5.74) is 1.98. The van der Waals surface area contributed by atoms with Gasteiger partial charge in [0, 0.05) is 22.6 Å². The zero-order chi connectivity index (χ0) is 13.0. The lowest BCUT2D eigenvalue weighted by Gasteiger charge is -2.23. The summed E-state index contributed by atoms with van der Waals surface area (Å²) >= 11 is 3.42. The molecule has 0 saturated carbocycles. The molecule has 0 radical (unpaired) electrons. The number of anilines is 1. The summed E-state index contributed by atoms with van der Waals surface area (Å²) in [6.07, 6.45) is 4.12. The Bertz CT molecular complexity index is 428.